The van der Waals surface area contributed by atoms with Crippen LogP contribution in [0.25, 0.3) is 0 Å². The molecule has 0 aromatic rings. The number of aliphatic imine (C=N–C) groups is 1. The zero-order chi connectivity index (χ0) is 16.8. The van der Waals surface area contributed by atoms with Gasteiger partial charge in [0.1, 0.15) is 0 Å². The summed E-state index contributed by atoms with van der Waals surface area (Å²) in [5.74, 6) is -0.115. The highest BCUT2D eigenvalue weighted by Crippen LogP contribution is 2.14. The number of nitrogens with two attached hydrogens (primary N) is 2. The standard InChI is InChI=1S/C14H27N5O3.HI/c1-4-22-13(21)19-7-5-10(6-8-19)18-12(16)17-9-14(2,3)11(15)20;/h10H,4-9H2,1-3H3,(H2,15,20)(H3,16,17,18);1H. The second-order valence-electron chi connectivity index (χ2n) is 6.05. The number of amides is 2. The molecule has 0 radical (unpaired) electrons. The largest absolute Gasteiger partial charge is 0.450 e. The summed E-state index contributed by atoms with van der Waals surface area (Å²) in [6, 6.07) is 0.158. The van der Waals surface area contributed by atoms with Crippen LogP contribution in [0.3, 0.4) is 0 Å². The van der Waals surface area contributed by atoms with E-state index in [-0.39, 0.29) is 42.7 Å². The average Bonchev–Trinajstić information content (AvgIpc) is 2.46. The lowest BCUT2D eigenvalue weighted by molar-refractivity contribution is -0.125. The third kappa shape index (κ3) is 7.23. The fourth-order valence-electron chi connectivity index (χ4n) is 2.04. The van der Waals surface area contributed by atoms with Crippen molar-refractivity contribution in [1.29, 1.82) is 0 Å². The van der Waals surface area contributed by atoms with Crippen molar-refractivity contribution in [3.05, 3.63) is 0 Å². The van der Waals surface area contributed by atoms with Crippen molar-refractivity contribution in [2.24, 2.45) is 21.9 Å². The number of rotatable bonds is 5. The van der Waals surface area contributed by atoms with Crippen molar-refractivity contribution >= 4 is 41.9 Å². The van der Waals surface area contributed by atoms with E-state index in [0.29, 0.717) is 25.7 Å². The predicted molar refractivity (Wildman–Crippen MR) is 99.6 cm³/mol. The van der Waals surface area contributed by atoms with Gasteiger partial charge >= 0.3 is 6.09 Å². The number of hydrogen-bond acceptors (Lipinski definition) is 4. The molecule has 1 fully saturated rings. The van der Waals surface area contributed by atoms with Crippen LogP contribution in [0.1, 0.15) is 33.6 Å². The highest BCUT2D eigenvalue weighted by molar-refractivity contribution is 14.0. The molecule has 0 aromatic heterocycles. The van der Waals surface area contributed by atoms with E-state index in [0.717, 1.165) is 12.8 Å². The molecular weight excluding hydrogens is 413 g/mol. The molecule has 23 heavy (non-hydrogen) atoms. The number of carbonyl (C=O) groups is 2. The van der Waals surface area contributed by atoms with Gasteiger partial charge in [-0.15, -0.1) is 24.0 Å². The topological polar surface area (TPSA) is 123 Å². The summed E-state index contributed by atoms with van der Waals surface area (Å²) in [6.07, 6.45) is 1.27. The summed E-state index contributed by atoms with van der Waals surface area (Å²) in [5, 5.41) is 3.12. The molecule has 0 aromatic carbocycles. The molecule has 0 aliphatic carbocycles. The van der Waals surface area contributed by atoms with E-state index in [4.69, 9.17) is 16.2 Å². The molecule has 1 aliphatic heterocycles. The van der Waals surface area contributed by atoms with E-state index in [1.807, 2.05) is 0 Å². The molecule has 1 heterocycles. The van der Waals surface area contributed by atoms with E-state index in [9.17, 15) is 9.59 Å². The van der Waals surface area contributed by atoms with E-state index in [2.05, 4.69) is 10.3 Å². The SMILES string of the molecule is CCOC(=O)N1CCC(NC(N)=NCC(C)(C)C(N)=O)CC1.I. The van der Waals surface area contributed by atoms with Crippen molar-refractivity contribution in [1.82, 2.24) is 10.2 Å². The van der Waals surface area contributed by atoms with Gasteiger partial charge in [-0.05, 0) is 33.6 Å². The summed E-state index contributed by atoms with van der Waals surface area (Å²) in [5.41, 5.74) is 10.4. The Morgan fingerprint density at radius 1 is 1.30 bits per heavy atom. The molecule has 0 saturated carbocycles. The van der Waals surface area contributed by atoms with Crippen LogP contribution < -0.4 is 16.8 Å². The van der Waals surface area contributed by atoms with E-state index >= 15 is 0 Å². The maximum absolute atomic E-state index is 11.6. The van der Waals surface area contributed by atoms with Gasteiger partial charge < -0.3 is 26.4 Å². The van der Waals surface area contributed by atoms with Crippen LogP contribution in [0.4, 0.5) is 4.79 Å². The van der Waals surface area contributed by atoms with Gasteiger partial charge in [0, 0.05) is 19.1 Å². The molecule has 1 rings (SSSR count). The van der Waals surface area contributed by atoms with Crippen molar-refractivity contribution < 1.29 is 14.3 Å². The molecule has 9 heteroatoms. The average molecular weight is 441 g/mol. The van der Waals surface area contributed by atoms with Crippen LogP contribution in [0.5, 0.6) is 0 Å². The van der Waals surface area contributed by atoms with Crippen LogP contribution in [0.15, 0.2) is 4.99 Å². The Morgan fingerprint density at radius 2 is 1.87 bits per heavy atom. The van der Waals surface area contributed by atoms with Gasteiger partial charge in [0.25, 0.3) is 0 Å². The van der Waals surface area contributed by atoms with Crippen molar-refractivity contribution in [3.8, 4) is 0 Å². The molecule has 8 nitrogen and oxygen atoms in total. The Labute approximate surface area is 154 Å². The van der Waals surface area contributed by atoms with Crippen molar-refractivity contribution in [2.75, 3.05) is 26.2 Å². The highest BCUT2D eigenvalue weighted by atomic mass is 127. The minimum atomic E-state index is -0.723. The zero-order valence-electron chi connectivity index (χ0n) is 14.0. The number of carbonyl (C=O) groups excluding carboxylic acids is 2. The Bertz CT molecular complexity index is 434. The first-order valence-electron chi connectivity index (χ1n) is 7.54. The minimum absolute atomic E-state index is 0. The molecule has 0 unspecified atom stereocenters. The number of hydrogen-bond donors (Lipinski definition) is 3. The van der Waals surface area contributed by atoms with Crippen LogP contribution in [-0.2, 0) is 9.53 Å². The molecule has 1 saturated heterocycles. The van der Waals surface area contributed by atoms with Gasteiger partial charge in [-0.1, -0.05) is 0 Å². The summed E-state index contributed by atoms with van der Waals surface area (Å²) in [4.78, 5) is 28.7. The first-order valence-corrected chi connectivity index (χ1v) is 7.54. The number of nitrogens with zero attached hydrogens (tertiary/aromatic N) is 2. The second-order valence-corrected chi connectivity index (χ2v) is 6.05. The highest BCUT2D eigenvalue weighted by Gasteiger charge is 2.26. The molecule has 2 amide bonds. The van der Waals surface area contributed by atoms with Gasteiger partial charge in [0.05, 0.1) is 18.6 Å². The van der Waals surface area contributed by atoms with Crippen molar-refractivity contribution in [3.63, 3.8) is 0 Å². The number of nitrogens with one attached hydrogen (secondary N) is 1. The number of ether oxygens (including phenoxy) is 1. The summed E-state index contributed by atoms with van der Waals surface area (Å²) >= 11 is 0. The summed E-state index contributed by atoms with van der Waals surface area (Å²) in [6.45, 7) is 7.10. The number of primary amides is 1. The van der Waals surface area contributed by atoms with Gasteiger partial charge in [0.2, 0.25) is 5.91 Å². The first-order chi connectivity index (χ1) is 10.3. The zero-order valence-corrected chi connectivity index (χ0v) is 16.3. The monoisotopic (exact) mass is 441 g/mol. The van der Waals surface area contributed by atoms with E-state index in [1.165, 1.54) is 0 Å². The normalized spacial score (nSPS) is 16.5. The quantitative estimate of drug-likeness (QED) is 0.328. The van der Waals surface area contributed by atoms with E-state index in [1.54, 1.807) is 25.7 Å². The number of halogens is 1. The third-order valence-corrected chi connectivity index (χ3v) is 3.68. The third-order valence-electron chi connectivity index (χ3n) is 3.68. The van der Waals surface area contributed by atoms with Gasteiger partial charge in [-0.2, -0.15) is 0 Å². The van der Waals surface area contributed by atoms with Crippen LogP contribution in [-0.4, -0.2) is 55.1 Å². The van der Waals surface area contributed by atoms with Crippen LogP contribution >= 0.6 is 24.0 Å². The van der Waals surface area contributed by atoms with Crippen LogP contribution in [0.2, 0.25) is 0 Å². The second kappa shape index (κ2) is 9.78. The Morgan fingerprint density at radius 3 is 2.35 bits per heavy atom. The maximum Gasteiger partial charge on any atom is 0.409 e. The number of likely N-dealkylation sites (tertiary alicyclic amines) is 1. The smallest absolute Gasteiger partial charge is 0.409 e. The molecule has 0 atom stereocenters. The minimum Gasteiger partial charge on any atom is -0.450 e. The maximum atomic E-state index is 11.6. The molecule has 5 N–H and O–H groups in total. The number of piperidine rings is 1. The fraction of sp³-hybridized carbons (Fsp3) is 0.786. The molecular formula is C14H28IN5O3. The molecule has 0 bridgehead atoms. The first kappa shape index (κ1) is 21.7. The number of guanidine groups is 1. The fourth-order valence-corrected chi connectivity index (χ4v) is 2.04. The lowest BCUT2D eigenvalue weighted by Crippen LogP contribution is -2.49. The Hall–Kier alpha value is -1.26. The molecule has 0 spiro atoms. The lowest BCUT2D eigenvalue weighted by Gasteiger charge is -2.31. The summed E-state index contributed by atoms with van der Waals surface area (Å²) < 4.78 is 4.97. The Balaban J connectivity index is 0.00000484. The van der Waals surface area contributed by atoms with Crippen LogP contribution in [0, 0.1) is 5.41 Å². The van der Waals surface area contributed by atoms with Gasteiger partial charge in [-0.25, -0.2) is 4.79 Å². The summed E-state index contributed by atoms with van der Waals surface area (Å²) in [7, 11) is 0. The van der Waals surface area contributed by atoms with Gasteiger partial charge in [0.15, 0.2) is 5.96 Å². The van der Waals surface area contributed by atoms with Gasteiger partial charge in [-0.3, -0.25) is 9.79 Å². The lowest BCUT2D eigenvalue weighted by atomic mass is 9.93. The van der Waals surface area contributed by atoms with E-state index < -0.39 is 11.3 Å². The predicted octanol–water partition coefficient (Wildman–Crippen LogP) is 0.641. The molecule has 134 valence electrons. The Kier molecular flexibility index (Phi) is 9.25. The van der Waals surface area contributed by atoms with Crippen molar-refractivity contribution in [2.45, 2.75) is 39.7 Å². The molecule has 1 aliphatic rings.